The molecule has 4 atom stereocenters. The van der Waals surface area contributed by atoms with Crippen LogP contribution in [0, 0.1) is 11.8 Å². The predicted octanol–water partition coefficient (Wildman–Crippen LogP) is 2.38. The molecule has 5 rings (SSSR count). The largest absolute Gasteiger partial charge is 0.465 e. The van der Waals surface area contributed by atoms with Crippen LogP contribution in [0.4, 0.5) is 0 Å². The molecule has 0 bridgehead atoms. The van der Waals surface area contributed by atoms with Gasteiger partial charge in [0.1, 0.15) is 0 Å². The molecule has 3 aliphatic rings. The Balaban J connectivity index is 1.75. The highest BCUT2D eigenvalue weighted by Crippen LogP contribution is 2.53. The molecule has 2 heterocycles. The van der Waals surface area contributed by atoms with E-state index in [4.69, 9.17) is 14.2 Å². The monoisotopic (exact) mass is 324 g/mol. The van der Waals surface area contributed by atoms with Gasteiger partial charge in [-0.1, -0.05) is 30.3 Å². The molecule has 0 radical (unpaired) electrons. The second kappa shape index (κ2) is 4.98. The van der Waals surface area contributed by atoms with Crippen LogP contribution in [0.15, 0.2) is 42.5 Å². The molecule has 2 aliphatic heterocycles. The highest BCUT2D eigenvalue weighted by atomic mass is 16.7. The Labute approximate surface area is 138 Å². The van der Waals surface area contributed by atoms with Crippen molar-refractivity contribution in [1.29, 1.82) is 0 Å². The lowest BCUT2D eigenvalue weighted by Crippen LogP contribution is -2.34. The number of benzene rings is 2. The lowest BCUT2D eigenvalue weighted by molar-refractivity contribution is -0.141. The third-order valence-electron chi connectivity index (χ3n) is 5.31. The minimum Gasteiger partial charge on any atom is -0.465 e. The molecule has 0 aromatic heterocycles. The zero-order valence-electron chi connectivity index (χ0n) is 12.8. The normalized spacial score (nSPS) is 29.8. The van der Waals surface area contributed by atoms with Crippen LogP contribution in [0.1, 0.15) is 28.7 Å². The number of hydrogen-bond donors (Lipinski definition) is 1. The van der Waals surface area contributed by atoms with Crippen molar-refractivity contribution < 1.29 is 24.1 Å². The van der Waals surface area contributed by atoms with Crippen LogP contribution in [0.5, 0.6) is 11.5 Å². The molecule has 1 N–H and O–H groups in total. The molecular formula is C19H16O5. The van der Waals surface area contributed by atoms with Crippen molar-refractivity contribution >= 4 is 5.97 Å². The lowest BCUT2D eigenvalue weighted by Gasteiger charge is -2.36. The molecule has 5 nitrogen and oxygen atoms in total. The van der Waals surface area contributed by atoms with E-state index < -0.39 is 6.10 Å². The van der Waals surface area contributed by atoms with Gasteiger partial charge in [-0.05, 0) is 28.8 Å². The van der Waals surface area contributed by atoms with Gasteiger partial charge in [0, 0.05) is 11.8 Å². The van der Waals surface area contributed by atoms with Crippen molar-refractivity contribution in [2.75, 3.05) is 13.4 Å². The van der Waals surface area contributed by atoms with E-state index in [2.05, 4.69) is 0 Å². The Hall–Kier alpha value is -2.53. The Morgan fingerprint density at radius 3 is 2.42 bits per heavy atom. The van der Waals surface area contributed by atoms with E-state index in [1.54, 1.807) is 0 Å². The summed E-state index contributed by atoms with van der Waals surface area (Å²) in [6.07, 6.45) is -0.745. The maximum absolute atomic E-state index is 12.4. The van der Waals surface area contributed by atoms with Crippen molar-refractivity contribution in [3.8, 4) is 11.5 Å². The predicted molar refractivity (Wildman–Crippen MR) is 83.7 cm³/mol. The molecule has 1 saturated heterocycles. The molecule has 122 valence electrons. The second-order valence-corrected chi connectivity index (χ2v) is 6.49. The lowest BCUT2D eigenvalue weighted by atomic mass is 9.66. The van der Waals surface area contributed by atoms with Crippen molar-refractivity contribution in [3.05, 3.63) is 59.2 Å². The first kappa shape index (κ1) is 13.9. The first-order valence-electron chi connectivity index (χ1n) is 8.07. The highest BCUT2D eigenvalue weighted by molar-refractivity contribution is 5.78. The molecule has 1 aliphatic carbocycles. The van der Waals surface area contributed by atoms with Crippen LogP contribution in [0.25, 0.3) is 0 Å². The number of ether oxygens (including phenoxy) is 3. The molecule has 2 aromatic rings. The number of fused-ring (bicyclic) bond motifs is 3. The zero-order chi connectivity index (χ0) is 16.3. The summed E-state index contributed by atoms with van der Waals surface area (Å²) in [6.45, 7) is 0.432. The van der Waals surface area contributed by atoms with Gasteiger partial charge >= 0.3 is 5.97 Å². The summed E-state index contributed by atoms with van der Waals surface area (Å²) in [5.41, 5.74) is 2.75. The SMILES string of the molecule is O=C1OCC2[C@H]1C(c1ccccc1)c1cc3c(cc1[C@@H]2O)OCO3. The maximum atomic E-state index is 12.4. The van der Waals surface area contributed by atoms with Crippen LogP contribution in [-0.2, 0) is 9.53 Å². The van der Waals surface area contributed by atoms with E-state index >= 15 is 0 Å². The van der Waals surface area contributed by atoms with E-state index in [0.29, 0.717) is 11.5 Å². The van der Waals surface area contributed by atoms with Gasteiger partial charge in [-0.15, -0.1) is 0 Å². The van der Waals surface area contributed by atoms with Gasteiger partial charge in [-0.3, -0.25) is 4.79 Å². The summed E-state index contributed by atoms with van der Waals surface area (Å²) in [6, 6.07) is 13.6. The van der Waals surface area contributed by atoms with Crippen LogP contribution >= 0.6 is 0 Å². The molecule has 0 amide bonds. The summed E-state index contributed by atoms with van der Waals surface area (Å²) >= 11 is 0. The van der Waals surface area contributed by atoms with Gasteiger partial charge in [-0.25, -0.2) is 0 Å². The summed E-state index contributed by atoms with van der Waals surface area (Å²) < 4.78 is 16.2. The third kappa shape index (κ3) is 1.82. The van der Waals surface area contributed by atoms with E-state index in [1.807, 2.05) is 42.5 Å². The smallest absolute Gasteiger partial charge is 0.310 e. The van der Waals surface area contributed by atoms with Crippen molar-refractivity contribution in [3.63, 3.8) is 0 Å². The first-order chi connectivity index (χ1) is 11.7. The Bertz CT molecular complexity index is 816. The van der Waals surface area contributed by atoms with Gasteiger partial charge in [0.2, 0.25) is 6.79 Å². The quantitative estimate of drug-likeness (QED) is 0.816. The van der Waals surface area contributed by atoms with E-state index in [0.717, 1.165) is 16.7 Å². The summed E-state index contributed by atoms with van der Waals surface area (Å²) in [5, 5.41) is 10.8. The van der Waals surface area contributed by atoms with E-state index in [9.17, 15) is 9.90 Å². The van der Waals surface area contributed by atoms with Crippen LogP contribution in [0.3, 0.4) is 0 Å². The molecule has 2 unspecified atom stereocenters. The molecule has 0 saturated carbocycles. The Morgan fingerprint density at radius 2 is 1.67 bits per heavy atom. The van der Waals surface area contributed by atoms with Crippen molar-refractivity contribution in [2.45, 2.75) is 12.0 Å². The first-order valence-corrected chi connectivity index (χ1v) is 8.07. The van der Waals surface area contributed by atoms with Crippen molar-refractivity contribution in [1.82, 2.24) is 0 Å². The van der Waals surface area contributed by atoms with Gasteiger partial charge < -0.3 is 19.3 Å². The number of cyclic esters (lactones) is 1. The number of carbonyl (C=O) groups is 1. The average molecular weight is 324 g/mol. The van der Waals surface area contributed by atoms with Crippen molar-refractivity contribution in [2.24, 2.45) is 11.8 Å². The summed E-state index contributed by atoms with van der Waals surface area (Å²) in [4.78, 5) is 12.4. The highest BCUT2D eigenvalue weighted by Gasteiger charge is 2.51. The topological polar surface area (TPSA) is 65.0 Å². The van der Waals surface area contributed by atoms with Gasteiger partial charge in [0.05, 0.1) is 18.6 Å². The van der Waals surface area contributed by atoms with Crippen LogP contribution in [0.2, 0.25) is 0 Å². The third-order valence-corrected chi connectivity index (χ3v) is 5.31. The van der Waals surface area contributed by atoms with Crippen LogP contribution < -0.4 is 9.47 Å². The van der Waals surface area contributed by atoms with Gasteiger partial charge in [0.15, 0.2) is 11.5 Å². The number of aliphatic hydroxyl groups excluding tert-OH is 1. The Kier molecular flexibility index (Phi) is 2.88. The van der Waals surface area contributed by atoms with Crippen LogP contribution in [-0.4, -0.2) is 24.5 Å². The fourth-order valence-electron chi connectivity index (χ4n) is 4.19. The number of rotatable bonds is 1. The molecule has 1 fully saturated rings. The molecular weight excluding hydrogens is 308 g/mol. The van der Waals surface area contributed by atoms with E-state index in [1.165, 1.54) is 0 Å². The second-order valence-electron chi connectivity index (χ2n) is 6.49. The fourth-order valence-corrected chi connectivity index (χ4v) is 4.19. The fraction of sp³-hybridized carbons (Fsp3) is 0.316. The molecule has 0 spiro atoms. The standard InChI is InChI=1S/C19H16O5/c20-18-12-7-15-14(23-9-24-15)6-11(12)16(10-4-2-1-3-5-10)17-13(18)8-22-19(17)21/h1-7,13,16-18,20H,8-9H2/t13?,16?,17-,18-/m0/s1. The summed E-state index contributed by atoms with van der Waals surface area (Å²) in [7, 11) is 0. The minimum absolute atomic E-state index is 0.154. The molecule has 5 heteroatoms. The molecule has 24 heavy (non-hydrogen) atoms. The van der Waals surface area contributed by atoms with E-state index in [-0.39, 0.29) is 37.1 Å². The Morgan fingerprint density at radius 1 is 0.958 bits per heavy atom. The van der Waals surface area contributed by atoms with Gasteiger partial charge in [0.25, 0.3) is 0 Å². The van der Waals surface area contributed by atoms with Gasteiger partial charge in [-0.2, -0.15) is 0 Å². The minimum atomic E-state index is -0.745. The molecule has 2 aromatic carbocycles. The number of hydrogen-bond acceptors (Lipinski definition) is 5. The summed E-state index contributed by atoms with van der Waals surface area (Å²) in [5.74, 6) is 0.288. The number of aliphatic hydroxyl groups is 1. The zero-order valence-corrected chi connectivity index (χ0v) is 12.8. The number of carbonyl (C=O) groups excluding carboxylic acids is 1. The average Bonchev–Trinajstić information content (AvgIpc) is 3.22. The maximum Gasteiger partial charge on any atom is 0.310 e. The number of esters is 1.